The lowest BCUT2D eigenvalue weighted by Crippen LogP contribution is -2.40. The standard InChI is InChI=1S/C11H18O5/c1-2-13-10(12)8-9-4-6-11(16-15-9)5-3-7-14-11/h9H,2-8H2,1H3. The molecular weight excluding hydrogens is 212 g/mol. The second-order valence-electron chi connectivity index (χ2n) is 4.21. The number of ether oxygens (including phenoxy) is 2. The average molecular weight is 230 g/mol. The number of carbonyl (C=O) groups is 1. The molecule has 2 atom stereocenters. The topological polar surface area (TPSA) is 54.0 Å². The van der Waals surface area contributed by atoms with Crippen LogP contribution in [0.1, 0.15) is 39.0 Å². The summed E-state index contributed by atoms with van der Waals surface area (Å²) in [5.41, 5.74) is 0. The molecule has 16 heavy (non-hydrogen) atoms. The van der Waals surface area contributed by atoms with E-state index >= 15 is 0 Å². The Bertz CT molecular complexity index is 237. The molecule has 2 unspecified atom stereocenters. The predicted octanol–water partition coefficient (Wildman–Crippen LogP) is 1.56. The molecule has 1 spiro atoms. The number of hydrogen-bond donors (Lipinski definition) is 0. The lowest BCUT2D eigenvalue weighted by atomic mass is 10.0. The van der Waals surface area contributed by atoms with Crippen LogP contribution in [0.5, 0.6) is 0 Å². The molecule has 0 radical (unpaired) electrons. The van der Waals surface area contributed by atoms with Gasteiger partial charge in [-0.1, -0.05) is 0 Å². The van der Waals surface area contributed by atoms with Crippen LogP contribution < -0.4 is 0 Å². The van der Waals surface area contributed by atoms with Crippen LogP contribution in [0.15, 0.2) is 0 Å². The van der Waals surface area contributed by atoms with Crippen LogP contribution in [0, 0.1) is 0 Å². The fourth-order valence-corrected chi connectivity index (χ4v) is 2.10. The van der Waals surface area contributed by atoms with E-state index in [2.05, 4.69) is 0 Å². The molecule has 2 aliphatic heterocycles. The van der Waals surface area contributed by atoms with Crippen LogP contribution in [0.3, 0.4) is 0 Å². The van der Waals surface area contributed by atoms with Crippen LogP contribution >= 0.6 is 0 Å². The van der Waals surface area contributed by atoms with E-state index in [-0.39, 0.29) is 18.5 Å². The Balaban J connectivity index is 1.74. The summed E-state index contributed by atoms with van der Waals surface area (Å²) in [4.78, 5) is 21.7. The van der Waals surface area contributed by atoms with E-state index in [0.717, 1.165) is 32.3 Å². The molecule has 2 fully saturated rings. The normalized spacial score (nSPS) is 34.2. The molecular formula is C11H18O5. The molecule has 0 aliphatic carbocycles. The van der Waals surface area contributed by atoms with Crippen molar-refractivity contribution in [3.05, 3.63) is 0 Å². The van der Waals surface area contributed by atoms with Crippen molar-refractivity contribution in [2.24, 2.45) is 0 Å². The van der Waals surface area contributed by atoms with Crippen LogP contribution in [0.4, 0.5) is 0 Å². The SMILES string of the molecule is CCOC(=O)CC1CCC2(CCCO2)OO1. The molecule has 5 nitrogen and oxygen atoms in total. The maximum atomic E-state index is 11.2. The molecule has 2 saturated heterocycles. The van der Waals surface area contributed by atoms with E-state index in [1.165, 1.54) is 0 Å². The summed E-state index contributed by atoms with van der Waals surface area (Å²) in [6, 6.07) is 0. The monoisotopic (exact) mass is 230 g/mol. The van der Waals surface area contributed by atoms with E-state index in [4.69, 9.17) is 19.2 Å². The molecule has 5 heteroatoms. The first kappa shape index (κ1) is 11.8. The first-order valence-corrected chi connectivity index (χ1v) is 5.88. The molecule has 0 aromatic rings. The van der Waals surface area contributed by atoms with Crippen molar-refractivity contribution in [1.82, 2.24) is 0 Å². The van der Waals surface area contributed by atoms with Gasteiger partial charge in [-0.2, -0.15) is 0 Å². The van der Waals surface area contributed by atoms with Gasteiger partial charge in [0, 0.05) is 12.8 Å². The van der Waals surface area contributed by atoms with Crippen molar-refractivity contribution in [2.75, 3.05) is 13.2 Å². The van der Waals surface area contributed by atoms with Gasteiger partial charge in [-0.3, -0.25) is 4.79 Å². The van der Waals surface area contributed by atoms with Gasteiger partial charge in [0.25, 0.3) is 0 Å². The Morgan fingerprint density at radius 1 is 1.50 bits per heavy atom. The van der Waals surface area contributed by atoms with Crippen molar-refractivity contribution in [3.8, 4) is 0 Å². The van der Waals surface area contributed by atoms with Crippen molar-refractivity contribution in [3.63, 3.8) is 0 Å². The smallest absolute Gasteiger partial charge is 0.308 e. The van der Waals surface area contributed by atoms with E-state index in [1.54, 1.807) is 6.92 Å². The number of esters is 1. The Morgan fingerprint density at radius 2 is 2.38 bits per heavy atom. The molecule has 0 aromatic heterocycles. The number of hydrogen-bond acceptors (Lipinski definition) is 5. The summed E-state index contributed by atoms with van der Waals surface area (Å²) in [5.74, 6) is -0.773. The Morgan fingerprint density at radius 3 is 2.94 bits per heavy atom. The van der Waals surface area contributed by atoms with E-state index < -0.39 is 5.79 Å². The number of rotatable bonds is 3. The summed E-state index contributed by atoms with van der Waals surface area (Å²) in [5, 5.41) is 0. The van der Waals surface area contributed by atoms with Gasteiger partial charge in [0.1, 0.15) is 6.10 Å². The number of carbonyl (C=O) groups excluding carboxylic acids is 1. The zero-order valence-electron chi connectivity index (χ0n) is 9.57. The Labute approximate surface area is 94.9 Å². The summed E-state index contributed by atoms with van der Waals surface area (Å²) in [6.45, 7) is 2.92. The lowest BCUT2D eigenvalue weighted by molar-refractivity contribution is -0.459. The van der Waals surface area contributed by atoms with Crippen LogP contribution in [0.25, 0.3) is 0 Å². The second-order valence-corrected chi connectivity index (χ2v) is 4.21. The molecule has 0 saturated carbocycles. The maximum Gasteiger partial charge on any atom is 0.308 e. The van der Waals surface area contributed by atoms with Crippen LogP contribution in [-0.4, -0.2) is 31.1 Å². The molecule has 0 bridgehead atoms. The third-order valence-corrected chi connectivity index (χ3v) is 2.95. The van der Waals surface area contributed by atoms with Gasteiger partial charge in [0.2, 0.25) is 5.79 Å². The van der Waals surface area contributed by atoms with Crippen LogP contribution in [0.2, 0.25) is 0 Å². The van der Waals surface area contributed by atoms with Gasteiger partial charge in [-0.05, 0) is 19.8 Å². The minimum atomic E-state index is -0.537. The highest BCUT2D eigenvalue weighted by Gasteiger charge is 2.42. The first-order chi connectivity index (χ1) is 7.74. The summed E-state index contributed by atoms with van der Waals surface area (Å²) in [6.07, 6.45) is 3.50. The quantitative estimate of drug-likeness (QED) is 0.544. The average Bonchev–Trinajstić information content (AvgIpc) is 2.71. The molecule has 92 valence electrons. The van der Waals surface area contributed by atoms with E-state index in [0.29, 0.717) is 6.61 Å². The largest absolute Gasteiger partial charge is 0.466 e. The Hall–Kier alpha value is -0.650. The molecule has 0 N–H and O–H groups in total. The molecule has 0 aromatic carbocycles. The summed E-state index contributed by atoms with van der Waals surface area (Å²) in [7, 11) is 0. The third-order valence-electron chi connectivity index (χ3n) is 2.95. The molecule has 2 rings (SSSR count). The second kappa shape index (κ2) is 5.12. The van der Waals surface area contributed by atoms with Gasteiger partial charge in [-0.15, -0.1) is 0 Å². The fourth-order valence-electron chi connectivity index (χ4n) is 2.10. The molecule has 0 amide bonds. The highest BCUT2D eigenvalue weighted by Crippen LogP contribution is 2.36. The minimum Gasteiger partial charge on any atom is -0.466 e. The summed E-state index contributed by atoms with van der Waals surface area (Å²) < 4.78 is 10.4. The van der Waals surface area contributed by atoms with Gasteiger partial charge in [0.15, 0.2) is 0 Å². The van der Waals surface area contributed by atoms with Crippen LogP contribution in [-0.2, 0) is 24.0 Å². The van der Waals surface area contributed by atoms with E-state index in [9.17, 15) is 4.79 Å². The van der Waals surface area contributed by atoms with Crippen molar-refractivity contribution >= 4 is 5.97 Å². The van der Waals surface area contributed by atoms with Gasteiger partial charge >= 0.3 is 5.97 Å². The van der Waals surface area contributed by atoms with E-state index in [1.807, 2.05) is 0 Å². The highest BCUT2D eigenvalue weighted by molar-refractivity contribution is 5.69. The predicted molar refractivity (Wildman–Crippen MR) is 54.4 cm³/mol. The molecule has 2 heterocycles. The van der Waals surface area contributed by atoms with Crippen molar-refractivity contribution in [2.45, 2.75) is 50.9 Å². The summed E-state index contributed by atoms with van der Waals surface area (Å²) >= 11 is 0. The van der Waals surface area contributed by atoms with Gasteiger partial charge < -0.3 is 9.47 Å². The zero-order chi connectivity index (χ0) is 11.4. The zero-order valence-corrected chi connectivity index (χ0v) is 9.57. The van der Waals surface area contributed by atoms with Crippen molar-refractivity contribution < 1.29 is 24.0 Å². The minimum absolute atomic E-state index is 0.200. The molecule has 2 aliphatic rings. The highest BCUT2D eigenvalue weighted by atomic mass is 17.2. The first-order valence-electron chi connectivity index (χ1n) is 5.88. The fraction of sp³-hybridized carbons (Fsp3) is 0.909. The lowest BCUT2D eigenvalue weighted by Gasteiger charge is -2.34. The Kier molecular flexibility index (Phi) is 3.78. The van der Waals surface area contributed by atoms with Gasteiger partial charge in [-0.25, -0.2) is 9.78 Å². The van der Waals surface area contributed by atoms with Gasteiger partial charge in [0.05, 0.1) is 19.6 Å². The maximum absolute atomic E-state index is 11.2. The van der Waals surface area contributed by atoms with Crippen molar-refractivity contribution in [1.29, 1.82) is 0 Å². The third kappa shape index (κ3) is 2.72.